The van der Waals surface area contributed by atoms with Crippen LogP contribution < -0.4 is 5.32 Å². The molecular formula is C16H33N3O. The molecule has 1 N–H and O–H groups in total. The Morgan fingerprint density at radius 2 is 2.15 bits per heavy atom. The molecule has 0 aromatic heterocycles. The van der Waals surface area contributed by atoms with Crippen molar-refractivity contribution < 1.29 is 4.74 Å². The smallest absolute Gasteiger partial charge is 0.0714 e. The number of rotatable bonds is 8. The quantitative estimate of drug-likeness (QED) is 0.729. The van der Waals surface area contributed by atoms with Crippen molar-refractivity contribution in [2.45, 2.75) is 39.7 Å². The lowest BCUT2D eigenvalue weighted by atomic mass is 9.89. The van der Waals surface area contributed by atoms with Crippen LogP contribution in [-0.4, -0.2) is 74.9 Å². The van der Waals surface area contributed by atoms with Gasteiger partial charge in [-0.05, 0) is 37.9 Å². The fourth-order valence-corrected chi connectivity index (χ4v) is 3.51. The van der Waals surface area contributed by atoms with E-state index in [1.807, 2.05) is 0 Å². The first-order valence-electron chi connectivity index (χ1n) is 8.42. The van der Waals surface area contributed by atoms with Gasteiger partial charge in [-0.15, -0.1) is 0 Å². The number of likely N-dealkylation sites (N-methyl/N-ethyl adjacent to an activating group) is 1. The topological polar surface area (TPSA) is 27.7 Å². The van der Waals surface area contributed by atoms with Crippen molar-refractivity contribution in [3.05, 3.63) is 0 Å². The normalized spacial score (nSPS) is 31.5. The van der Waals surface area contributed by atoms with Gasteiger partial charge in [0, 0.05) is 32.7 Å². The van der Waals surface area contributed by atoms with Crippen molar-refractivity contribution in [2.24, 2.45) is 5.41 Å². The van der Waals surface area contributed by atoms with Gasteiger partial charge in [0.15, 0.2) is 0 Å². The van der Waals surface area contributed by atoms with Gasteiger partial charge in [-0.1, -0.05) is 20.8 Å². The summed E-state index contributed by atoms with van der Waals surface area (Å²) in [4.78, 5) is 5.03. The molecule has 2 aliphatic heterocycles. The molecule has 0 bridgehead atoms. The number of likely N-dealkylation sites (tertiary alicyclic amines) is 1. The van der Waals surface area contributed by atoms with Crippen molar-refractivity contribution in [2.75, 3.05) is 59.0 Å². The SMILES string of the molecule is CCN(CC)CCOC1CCN(CC2(C)CCNC2)C1. The van der Waals surface area contributed by atoms with Gasteiger partial charge in [-0.3, -0.25) is 0 Å². The summed E-state index contributed by atoms with van der Waals surface area (Å²) in [6.45, 7) is 17.0. The van der Waals surface area contributed by atoms with Gasteiger partial charge >= 0.3 is 0 Å². The first kappa shape index (κ1) is 16.2. The van der Waals surface area contributed by atoms with Gasteiger partial charge in [0.25, 0.3) is 0 Å². The molecule has 20 heavy (non-hydrogen) atoms. The zero-order valence-corrected chi connectivity index (χ0v) is 13.7. The summed E-state index contributed by atoms with van der Waals surface area (Å²) in [5, 5.41) is 3.49. The lowest BCUT2D eigenvalue weighted by Gasteiger charge is -2.29. The fourth-order valence-electron chi connectivity index (χ4n) is 3.51. The standard InChI is InChI=1S/C16H33N3O/c1-4-18(5-2)10-11-20-15-6-9-19(12-15)14-16(3)7-8-17-13-16/h15,17H,4-14H2,1-3H3. The first-order valence-corrected chi connectivity index (χ1v) is 8.42. The highest BCUT2D eigenvalue weighted by Gasteiger charge is 2.33. The highest BCUT2D eigenvalue weighted by molar-refractivity contribution is 4.89. The van der Waals surface area contributed by atoms with Crippen LogP contribution in [0.3, 0.4) is 0 Å². The second kappa shape index (κ2) is 7.74. The maximum atomic E-state index is 6.07. The van der Waals surface area contributed by atoms with Crippen molar-refractivity contribution >= 4 is 0 Å². The third-order valence-corrected chi connectivity index (χ3v) is 4.95. The Kier molecular flexibility index (Phi) is 6.27. The highest BCUT2D eigenvalue weighted by atomic mass is 16.5. The highest BCUT2D eigenvalue weighted by Crippen LogP contribution is 2.27. The summed E-state index contributed by atoms with van der Waals surface area (Å²) in [6.07, 6.45) is 2.99. The molecule has 2 aliphatic rings. The molecule has 0 aromatic rings. The van der Waals surface area contributed by atoms with Crippen LogP contribution in [0.15, 0.2) is 0 Å². The Balaban J connectivity index is 1.62. The minimum absolute atomic E-state index is 0.462. The Morgan fingerprint density at radius 3 is 2.80 bits per heavy atom. The van der Waals surface area contributed by atoms with Gasteiger partial charge in [-0.25, -0.2) is 0 Å². The minimum Gasteiger partial charge on any atom is -0.376 e. The minimum atomic E-state index is 0.462. The van der Waals surface area contributed by atoms with Crippen LogP contribution in [0.2, 0.25) is 0 Å². The molecule has 0 spiro atoms. The number of nitrogens with one attached hydrogen (secondary N) is 1. The van der Waals surface area contributed by atoms with Crippen LogP contribution in [0.4, 0.5) is 0 Å². The predicted molar refractivity (Wildman–Crippen MR) is 84.2 cm³/mol. The zero-order chi connectivity index (χ0) is 14.4. The van der Waals surface area contributed by atoms with Gasteiger partial charge in [0.1, 0.15) is 0 Å². The molecule has 4 nitrogen and oxygen atoms in total. The molecular weight excluding hydrogens is 250 g/mol. The van der Waals surface area contributed by atoms with E-state index in [-0.39, 0.29) is 0 Å². The second-order valence-corrected chi connectivity index (χ2v) is 6.78. The Labute approximate surface area is 124 Å². The maximum absolute atomic E-state index is 6.07. The number of ether oxygens (including phenoxy) is 1. The molecule has 0 radical (unpaired) electrons. The van der Waals surface area contributed by atoms with E-state index in [1.54, 1.807) is 0 Å². The Morgan fingerprint density at radius 1 is 1.35 bits per heavy atom. The van der Waals surface area contributed by atoms with E-state index in [0.29, 0.717) is 11.5 Å². The van der Waals surface area contributed by atoms with E-state index in [1.165, 1.54) is 39.0 Å². The van der Waals surface area contributed by atoms with E-state index in [4.69, 9.17) is 4.74 Å². The molecule has 0 aliphatic carbocycles. The summed E-state index contributed by atoms with van der Waals surface area (Å²) >= 11 is 0. The predicted octanol–water partition coefficient (Wildman–Crippen LogP) is 1.42. The molecule has 2 rings (SSSR count). The summed E-state index contributed by atoms with van der Waals surface area (Å²) < 4.78 is 6.07. The van der Waals surface area contributed by atoms with Gasteiger partial charge in [0.2, 0.25) is 0 Å². The lowest BCUT2D eigenvalue weighted by Crippen LogP contribution is -2.37. The third-order valence-electron chi connectivity index (χ3n) is 4.95. The van der Waals surface area contributed by atoms with Crippen LogP contribution in [0.5, 0.6) is 0 Å². The van der Waals surface area contributed by atoms with Gasteiger partial charge in [-0.2, -0.15) is 0 Å². The van der Waals surface area contributed by atoms with Crippen LogP contribution >= 0.6 is 0 Å². The molecule has 2 saturated heterocycles. The van der Waals surface area contributed by atoms with E-state index in [9.17, 15) is 0 Å². The fraction of sp³-hybridized carbons (Fsp3) is 1.00. The number of nitrogens with zero attached hydrogens (tertiary/aromatic N) is 2. The van der Waals surface area contributed by atoms with Crippen molar-refractivity contribution in [1.29, 1.82) is 0 Å². The lowest BCUT2D eigenvalue weighted by molar-refractivity contribution is 0.0419. The Bertz CT molecular complexity index is 275. The summed E-state index contributed by atoms with van der Waals surface area (Å²) in [5.41, 5.74) is 0.482. The average Bonchev–Trinajstić information content (AvgIpc) is 3.05. The molecule has 2 unspecified atom stereocenters. The summed E-state index contributed by atoms with van der Waals surface area (Å²) in [6, 6.07) is 0. The number of hydrogen-bond donors (Lipinski definition) is 1. The summed E-state index contributed by atoms with van der Waals surface area (Å²) in [7, 11) is 0. The molecule has 2 heterocycles. The van der Waals surface area contributed by atoms with Crippen molar-refractivity contribution in [3.8, 4) is 0 Å². The largest absolute Gasteiger partial charge is 0.376 e. The van der Waals surface area contributed by atoms with E-state index in [2.05, 4.69) is 35.9 Å². The van der Waals surface area contributed by atoms with E-state index >= 15 is 0 Å². The zero-order valence-electron chi connectivity index (χ0n) is 13.7. The third kappa shape index (κ3) is 4.69. The molecule has 2 fully saturated rings. The number of hydrogen-bond acceptors (Lipinski definition) is 4. The molecule has 2 atom stereocenters. The monoisotopic (exact) mass is 283 g/mol. The molecule has 0 amide bonds. The van der Waals surface area contributed by atoms with Gasteiger partial charge in [0.05, 0.1) is 12.7 Å². The van der Waals surface area contributed by atoms with Crippen LogP contribution in [-0.2, 0) is 4.74 Å². The van der Waals surface area contributed by atoms with E-state index < -0.39 is 0 Å². The van der Waals surface area contributed by atoms with Crippen molar-refractivity contribution in [3.63, 3.8) is 0 Å². The van der Waals surface area contributed by atoms with Crippen LogP contribution in [0, 0.1) is 5.41 Å². The Hall–Kier alpha value is -0.160. The van der Waals surface area contributed by atoms with E-state index in [0.717, 1.165) is 32.8 Å². The van der Waals surface area contributed by atoms with Crippen LogP contribution in [0.1, 0.15) is 33.6 Å². The summed E-state index contributed by atoms with van der Waals surface area (Å²) in [5.74, 6) is 0. The molecule has 118 valence electrons. The van der Waals surface area contributed by atoms with Crippen LogP contribution in [0.25, 0.3) is 0 Å². The molecule has 0 aromatic carbocycles. The average molecular weight is 283 g/mol. The second-order valence-electron chi connectivity index (χ2n) is 6.78. The maximum Gasteiger partial charge on any atom is 0.0714 e. The van der Waals surface area contributed by atoms with Gasteiger partial charge < -0.3 is 19.9 Å². The van der Waals surface area contributed by atoms with Crippen molar-refractivity contribution in [1.82, 2.24) is 15.1 Å². The first-order chi connectivity index (χ1) is 9.65. The molecule has 0 saturated carbocycles. The molecule has 4 heteroatoms.